The maximum absolute atomic E-state index is 12.5. The SMILES string of the molecule is CC1COB(O)c2cc(NC(=O)Cc3cccc(OCc4cccnc4)c3)ccc21. The van der Waals surface area contributed by atoms with Gasteiger partial charge >= 0.3 is 7.12 Å². The van der Waals surface area contributed by atoms with Gasteiger partial charge in [0.1, 0.15) is 12.4 Å². The summed E-state index contributed by atoms with van der Waals surface area (Å²) < 4.78 is 11.2. The molecule has 2 N–H and O–H groups in total. The average Bonchev–Trinajstić information content (AvgIpc) is 2.76. The van der Waals surface area contributed by atoms with Crippen LogP contribution in [0.4, 0.5) is 5.69 Å². The standard InChI is InChI=1S/C23H23BN2O4/c1-16-14-30-24(28)22-12-19(7-8-21(16)22)26-23(27)11-17-4-2-6-20(10-17)29-15-18-5-3-9-25-13-18/h2-10,12-13,16,28H,11,14-15H2,1H3,(H,26,27). The Morgan fingerprint density at radius 3 is 2.93 bits per heavy atom. The van der Waals surface area contributed by atoms with Gasteiger partial charge in [0.05, 0.1) is 6.42 Å². The zero-order valence-electron chi connectivity index (χ0n) is 16.7. The number of fused-ring (bicyclic) bond motifs is 1. The Labute approximate surface area is 176 Å². The summed E-state index contributed by atoms with van der Waals surface area (Å²) in [6.45, 7) is 2.95. The van der Waals surface area contributed by atoms with E-state index in [9.17, 15) is 9.82 Å². The quantitative estimate of drug-likeness (QED) is 0.620. The molecule has 7 heteroatoms. The summed E-state index contributed by atoms with van der Waals surface area (Å²) >= 11 is 0. The molecule has 0 fully saturated rings. The highest BCUT2D eigenvalue weighted by Gasteiger charge is 2.29. The highest BCUT2D eigenvalue weighted by atomic mass is 16.5. The summed E-state index contributed by atoms with van der Waals surface area (Å²) in [5.41, 5.74) is 4.22. The number of rotatable bonds is 6. The fourth-order valence-electron chi connectivity index (χ4n) is 3.52. The lowest BCUT2D eigenvalue weighted by Gasteiger charge is -2.25. The largest absolute Gasteiger partial charge is 0.491 e. The predicted octanol–water partition coefficient (Wildman–Crippen LogP) is 2.66. The molecule has 1 aliphatic heterocycles. The summed E-state index contributed by atoms with van der Waals surface area (Å²) in [4.78, 5) is 16.6. The molecule has 2 aromatic carbocycles. The molecule has 30 heavy (non-hydrogen) atoms. The highest BCUT2D eigenvalue weighted by Crippen LogP contribution is 2.22. The maximum atomic E-state index is 12.5. The van der Waals surface area contributed by atoms with Crippen molar-refractivity contribution in [2.75, 3.05) is 11.9 Å². The van der Waals surface area contributed by atoms with Gasteiger partial charge < -0.3 is 19.7 Å². The molecule has 4 rings (SSSR count). The van der Waals surface area contributed by atoms with E-state index in [-0.39, 0.29) is 18.2 Å². The smallest absolute Gasteiger partial charge is 0.489 e. The van der Waals surface area contributed by atoms with E-state index in [1.807, 2.05) is 55.5 Å². The number of hydrogen-bond donors (Lipinski definition) is 2. The molecule has 1 aromatic heterocycles. The molecule has 3 aromatic rings. The van der Waals surface area contributed by atoms with Crippen molar-refractivity contribution in [3.05, 3.63) is 83.7 Å². The molecule has 0 saturated heterocycles. The Hall–Kier alpha value is -3.16. The first-order chi connectivity index (χ1) is 14.6. The third-order valence-electron chi connectivity index (χ3n) is 5.06. The molecular formula is C23H23BN2O4. The topological polar surface area (TPSA) is 80.7 Å². The zero-order valence-corrected chi connectivity index (χ0v) is 16.7. The van der Waals surface area contributed by atoms with Gasteiger partial charge in [-0.15, -0.1) is 0 Å². The van der Waals surface area contributed by atoms with Gasteiger partial charge in [0, 0.05) is 36.2 Å². The molecule has 0 saturated carbocycles. The van der Waals surface area contributed by atoms with Crippen LogP contribution in [0.2, 0.25) is 0 Å². The van der Waals surface area contributed by atoms with Crippen LogP contribution in [0.1, 0.15) is 29.5 Å². The highest BCUT2D eigenvalue weighted by molar-refractivity contribution is 6.61. The average molecular weight is 402 g/mol. The number of ether oxygens (including phenoxy) is 1. The van der Waals surface area contributed by atoms with Gasteiger partial charge in [-0.2, -0.15) is 0 Å². The van der Waals surface area contributed by atoms with Crippen molar-refractivity contribution in [2.24, 2.45) is 0 Å². The van der Waals surface area contributed by atoms with Gasteiger partial charge in [-0.05, 0) is 46.9 Å². The molecule has 0 spiro atoms. The first kappa shape index (κ1) is 20.1. The summed E-state index contributed by atoms with van der Waals surface area (Å²) in [7, 11) is -0.957. The molecule has 0 bridgehead atoms. The normalized spacial score (nSPS) is 15.4. The lowest BCUT2D eigenvalue weighted by atomic mass is 9.71. The van der Waals surface area contributed by atoms with Gasteiger partial charge in [0.2, 0.25) is 5.91 Å². The Balaban J connectivity index is 1.38. The number of nitrogens with zero attached hydrogens (tertiary/aromatic N) is 1. The molecule has 6 nitrogen and oxygen atoms in total. The van der Waals surface area contributed by atoms with E-state index >= 15 is 0 Å². The molecule has 1 atom stereocenters. The van der Waals surface area contributed by atoms with E-state index in [1.165, 1.54) is 0 Å². The van der Waals surface area contributed by atoms with E-state index in [4.69, 9.17) is 9.39 Å². The van der Waals surface area contributed by atoms with Crippen LogP contribution < -0.4 is 15.5 Å². The second-order valence-corrected chi connectivity index (χ2v) is 7.45. The lowest BCUT2D eigenvalue weighted by Crippen LogP contribution is -2.42. The van der Waals surface area contributed by atoms with Crippen LogP contribution in [0, 0.1) is 0 Å². The fourth-order valence-corrected chi connectivity index (χ4v) is 3.52. The van der Waals surface area contributed by atoms with Crippen molar-refractivity contribution in [1.29, 1.82) is 0 Å². The second-order valence-electron chi connectivity index (χ2n) is 7.45. The van der Waals surface area contributed by atoms with E-state index in [2.05, 4.69) is 10.3 Å². The van der Waals surface area contributed by atoms with Crippen LogP contribution in [-0.4, -0.2) is 29.6 Å². The number of nitrogens with one attached hydrogen (secondary N) is 1. The van der Waals surface area contributed by atoms with Crippen LogP contribution in [0.15, 0.2) is 67.0 Å². The fraction of sp³-hybridized carbons (Fsp3) is 0.217. The summed E-state index contributed by atoms with van der Waals surface area (Å²) in [6.07, 6.45) is 3.70. The number of hydrogen-bond acceptors (Lipinski definition) is 5. The van der Waals surface area contributed by atoms with E-state index < -0.39 is 7.12 Å². The van der Waals surface area contributed by atoms with Gasteiger partial charge in [-0.3, -0.25) is 9.78 Å². The number of aromatic nitrogens is 1. The van der Waals surface area contributed by atoms with E-state index in [1.54, 1.807) is 18.5 Å². The van der Waals surface area contributed by atoms with Crippen LogP contribution in [-0.2, 0) is 22.5 Å². The van der Waals surface area contributed by atoms with Gasteiger partial charge in [0.15, 0.2) is 0 Å². The zero-order chi connectivity index (χ0) is 20.9. The lowest BCUT2D eigenvalue weighted by molar-refractivity contribution is -0.115. The number of anilines is 1. The van der Waals surface area contributed by atoms with Gasteiger partial charge in [-0.1, -0.05) is 31.2 Å². The van der Waals surface area contributed by atoms with Gasteiger partial charge in [0.25, 0.3) is 0 Å². The van der Waals surface area contributed by atoms with E-state index in [0.29, 0.717) is 30.1 Å². The number of benzene rings is 2. The van der Waals surface area contributed by atoms with Crippen molar-refractivity contribution in [1.82, 2.24) is 4.98 Å². The predicted molar refractivity (Wildman–Crippen MR) is 116 cm³/mol. The summed E-state index contributed by atoms with van der Waals surface area (Å²) in [5, 5.41) is 13.0. The molecule has 1 aliphatic rings. The molecule has 0 radical (unpaired) electrons. The maximum Gasteiger partial charge on any atom is 0.491 e. The van der Waals surface area contributed by atoms with Crippen molar-refractivity contribution < 1.29 is 19.2 Å². The summed E-state index contributed by atoms with van der Waals surface area (Å²) in [6, 6.07) is 16.9. The third kappa shape index (κ3) is 4.87. The van der Waals surface area contributed by atoms with Crippen molar-refractivity contribution in [2.45, 2.75) is 25.9 Å². The minimum absolute atomic E-state index is 0.140. The number of pyridine rings is 1. The van der Waals surface area contributed by atoms with Crippen LogP contribution in [0.25, 0.3) is 0 Å². The van der Waals surface area contributed by atoms with Crippen LogP contribution in [0.3, 0.4) is 0 Å². The molecule has 152 valence electrons. The van der Waals surface area contributed by atoms with Crippen molar-refractivity contribution >= 4 is 24.2 Å². The summed E-state index contributed by atoms with van der Waals surface area (Å²) in [5.74, 6) is 0.772. The van der Waals surface area contributed by atoms with E-state index in [0.717, 1.165) is 16.7 Å². The Kier molecular flexibility index (Phi) is 6.11. The Morgan fingerprint density at radius 1 is 1.23 bits per heavy atom. The van der Waals surface area contributed by atoms with Crippen molar-refractivity contribution in [3.8, 4) is 5.75 Å². The number of carbonyl (C=O) groups excluding carboxylic acids is 1. The molecule has 0 aliphatic carbocycles. The molecule has 1 unspecified atom stereocenters. The molecule has 1 amide bonds. The first-order valence-electron chi connectivity index (χ1n) is 9.92. The van der Waals surface area contributed by atoms with Gasteiger partial charge in [-0.25, -0.2) is 0 Å². The Morgan fingerprint density at radius 2 is 2.10 bits per heavy atom. The monoisotopic (exact) mass is 402 g/mol. The minimum atomic E-state index is -0.957. The minimum Gasteiger partial charge on any atom is -0.489 e. The third-order valence-corrected chi connectivity index (χ3v) is 5.06. The first-order valence-corrected chi connectivity index (χ1v) is 9.92. The number of carbonyl (C=O) groups is 1. The molecular weight excluding hydrogens is 379 g/mol. The number of amides is 1. The van der Waals surface area contributed by atoms with Crippen LogP contribution in [0.5, 0.6) is 5.75 Å². The molecule has 2 heterocycles. The Bertz CT molecular complexity index is 1030. The van der Waals surface area contributed by atoms with Crippen molar-refractivity contribution in [3.63, 3.8) is 0 Å². The van der Waals surface area contributed by atoms with Crippen LogP contribution >= 0.6 is 0 Å². The second kappa shape index (κ2) is 9.11.